The van der Waals surface area contributed by atoms with Crippen LogP contribution in [0.2, 0.25) is 0 Å². The summed E-state index contributed by atoms with van der Waals surface area (Å²) in [5, 5.41) is 13.4. The van der Waals surface area contributed by atoms with E-state index in [9.17, 15) is 8.78 Å². The zero-order valence-electron chi connectivity index (χ0n) is 9.06. The van der Waals surface area contributed by atoms with Crippen molar-refractivity contribution in [3.8, 4) is 0 Å². The predicted octanol–water partition coefficient (Wildman–Crippen LogP) is 3.34. The number of aryl methyl sites for hydroxylation is 1. The minimum Gasteiger partial charge on any atom is -0.385 e. The largest absolute Gasteiger partial charge is 0.385 e. The van der Waals surface area contributed by atoms with E-state index in [1.165, 1.54) is 6.07 Å². The Kier molecular flexibility index (Phi) is 3.12. The number of rotatable bonds is 2. The lowest BCUT2D eigenvalue weighted by atomic mass is 9.96. The van der Waals surface area contributed by atoms with Crippen LogP contribution >= 0.6 is 0 Å². The third-order valence-electron chi connectivity index (χ3n) is 2.82. The molecule has 90 valence electrons. The fourth-order valence-corrected chi connectivity index (χ4v) is 1.98. The molecule has 1 aromatic carbocycles. The monoisotopic (exact) mass is 238 g/mol. The fraction of sp³-hybridized carbons (Fsp3) is 0.364. The predicted molar refractivity (Wildman–Crippen MR) is 60.2 cm³/mol. The number of halogens is 2. The van der Waals surface area contributed by atoms with E-state index < -0.39 is 12.3 Å². The second-order valence-electron chi connectivity index (χ2n) is 3.89. The summed E-state index contributed by atoms with van der Waals surface area (Å²) in [6.45, 7) is 0.773. The molecule has 1 aliphatic heterocycles. The van der Waals surface area contributed by atoms with E-state index in [1.54, 1.807) is 6.07 Å². The van der Waals surface area contributed by atoms with Crippen LogP contribution < -0.4 is 5.32 Å². The SMILES string of the molecule is N=NC(=N)c1cc2c(cc1C(F)F)NCCC2. The van der Waals surface area contributed by atoms with Gasteiger partial charge in [-0.15, -0.1) is 5.11 Å². The minimum atomic E-state index is -2.67. The lowest BCUT2D eigenvalue weighted by Crippen LogP contribution is -2.14. The molecule has 1 heterocycles. The summed E-state index contributed by atoms with van der Waals surface area (Å²) in [6.07, 6.45) is -0.934. The molecule has 0 unspecified atom stereocenters. The summed E-state index contributed by atoms with van der Waals surface area (Å²) in [6, 6.07) is 2.91. The Bertz CT molecular complexity index is 471. The van der Waals surface area contributed by atoms with Gasteiger partial charge in [-0.3, -0.25) is 5.41 Å². The molecule has 3 N–H and O–H groups in total. The van der Waals surface area contributed by atoms with Crippen LogP contribution in [0.3, 0.4) is 0 Å². The van der Waals surface area contributed by atoms with Crippen molar-refractivity contribution >= 4 is 11.5 Å². The Labute approximate surface area is 97.1 Å². The van der Waals surface area contributed by atoms with Crippen LogP contribution in [-0.2, 0) is 6.42 Å². The van der Waals surface area contributed by atoms with Crippen molar-refractivity contribution in [1.82, 2.24) is 0 Å². The van der Waals surface area contributed by atoms with Crippen LogP contribution in [0.25, 0.3) is 0 Å². The number of fused-ring (bicyclic) bond motifs is 1. The van der Waals surface area contributed by atoms with Gasteiger partial charge in [-0.1, -0.05) is 0 Å². The van der Waals surface area contributed by atoms with Crippen molar-refractivity contribution in [1.29, 1.82) is 10.9 Å². The molecule has 17 heavy (non-hydrogen) atoms. The highest BCUT2D eigenvalue weighted by Crippen LogP contribution is 2.31. The van der Waals surface area contributed by atoms with Gasteiger partial charge in [0, 0.05) is 23.4 Å². The van der Waals surface area contributed by atoms with Gasteiger partial charge in [-0.25, -0.2) is 14.3 Å². The van der Waals surface area contributed by atoms with Gasteiger partial charge in [-0.2, -0.15) is 0 Å². The van der Waals surface area contributed by atoms with Crippen molar-refractivity contribution in [3.63, 3.8) is 0 Å². The second kappa shape index (κ2) is 4.57. The number of alkyl halides is 2. The molecule has 0 radical (unpaired) electrons. The summed E-state index contributed by atoms with van der Waals surface area (Å²) >= 11 is 0. The maximum atomic E-state index is 12.9. The van der Waals surface area contributed by atoms with E-state index in [2.05, 4.69) is 10.4 Å². The van der Waals surface area contributed by atoms with Crippen molar-refractivity contribution in [2.45, 2.75) is 19.3 Å². The van der Waals surface area contributed by atoms with E-state index >= 15 is 0 Å². The smallest absolute Gasteiger partial charge is 0.264 e. The molecule has 6 heteroatoms. The van der Waals surface area contributed by atoms with Crippen LogP contribution in [0, 0.1) is 10.9 Å². The Morgan fingerprint density at radius 3 is 2.82 bits per heavy atom. The van der Waals surface area contributed by atoms with Crippen molar-refractivity contribution in [2.75, 3.05) is 11.9 Å². The number of hydrogen-bond acceptors (Lipinski definition) is 3. The number of nitrogens with zero attached hydrogens (tertiary/aromatic N) is 1. The van der Waals surface area contributed by atoms with Crippen molar-refractivity contribution in [2.24, 2.45) is 5.11 Å². The first-order valence-corrected chi connectivity index (χ1v) is 5.28. The van der Waals surface area contributed by atoms with Crippen molar-refractivity contribution < 1.29 is 8.78 Å². The van der Waals surface area contributed by atoms with Crippen LogP contribution in [0.15, 0.2) is 17.2 Å². The molecule has 2 rings (SSSR count). The Morgan fingerprint density at radius 2 is 2.18 bits per heavy atom. The molecular weight excluding hydrogens is 226 g/mol. The van der Waals surface area contributed by atoms with Gasteiger partial charge in [0.15, 0.2) is 5.84 Å². The van der Waals surface area contributed by atoms with E-state index in [1.807, 2.05) is 0 Å². The van der Waals surface area contributed by atoms with Gasteiger partial charge in [-0.05, 0) is 30.5 Å². The van der Waals surface area contributed by atoms with Crippen LogP contribution in [0.4, 0.5) is 14.5 Å². The summed E-state index contributed by atoms with van der Waals surface area (Å²) in [7, 11) is 0. The topological polar surface area (TPSA) is 72.1 Å². The molecule has 0 saturated heterocycles. The van der Waals surface area contributed by atoms with Gasteiger partial charge < -0.3 is 5.32 Å². The molecule has 0 bridgehead atoms. The highest BCUT2D eigenvalue weighted by molar-refractivity contribution is 5.98. The lowest BCUT2D eigenvalue weighted by molar-refractivity contribution is 0.151. The quantitative estimate of drug-likeness (QED) is 0.412. The summed E-state index contributed by atoms with van der Waals surface area (Å²) in [4.78, 5) is 0. The van der Waals surface area contributed by atoms with Gasteiger partial charge in [0.1, 0.15) is 0 Å². The molecule has 0 atom stereocenters. The molecular formula is C11H12F2N4. The fourth-order valence-electron chi connectivity index (χ4n) is 1.98. The van der Waals surface area contributed by atoms with Crippen LogP contribution in [-0.4, -0.2) is 12.4 Å². The summed E-state index contributed by atoms with van der Waals surface area (Å²) in [5.74, 6) is -0.423. The van der Waals surface area contributed by atoms with Gasteiger partial charge in [0.25, 0.3) is 6.43 Å². The first-order valence-electron chi connectivity index (χ1n) is 5.28. The van der Waals surface area contributed by atoms with E-state index in [4.69, 9.17) is 10.9 Å². The molecule has 0 spiro atoms. The van der Waals surface area contributed by atoms with Gasteiger partial charge >= 0.3 is 0 Å². The minimum absolute atomic E-state index is 0.0532. The molecule has 0 saturated carbocycles. The Balaban J connectivity index is 2.55. The summed E-state index contributed by atoms with van der Waals surface area (Å²) < 4.78 is 25.7. The third-order valence-corrected chi connectivity index (χ3v) is 2.82. The van der Waals surface area contributed by atoms with Gasteiger partial charge in [0.2, 0.25) is 0 Å². The molecule has 1 aromatic rings. The molecule has 0 fully saturated rings. The highest BCUT2D eigenvalue weighted by Gasteiger charge is 2.20. The maximum Gasteiger partial charge on any atom is 0.264 e. The Morgan fingerprint density at radius 1 is 1.41 bits per heavy atom. The molecule has 0 amide bonds. The van der Waals surface area contributed by atoms with Crippen molar-refractivity contribution in [3.05, 3.63) is 28.8 Å². The molecule has 0 aromatic heterocycles. The van der Waals surface area contributed by atoms with E-state index in [-0.39, 0.29) is 11.1 Å². The number of anilines is 1. The first kappa shape index (κ1) is 11.6. The maximum absolute atomic E-state index is 12.9. The first-order chi connectivity index (χ1) is 8.13. The normalized spacial score (nSPS) is 14.1. The average molecular weight is 238 g/mol. The zero-order chi connectivity index (χ0) is 12.4. The number of amidine groups is 1. The van der Waals surface area contributed by atoms with E-state index in [0.29, 0.717) is 5.69 Å². The Hall–Kier alpha value is -1.85. The van der Waals surface area contributed by atoms with Crippen LogP contribution in [0.1, 0.15) is 29.5 Å². The summed E-state index contributed by atoms with van der Waals surface area (Å²) in [5.41, 5.74) is 8.19. The standard InChI is InChI=1S/C11H12F2N4/c12-10(13)7-5-9-6(2-1-3-16-9)4-8(7)11(14)17-15/h4-5,10,14-16H,1-3H2. The lowest BCUT2D eigenvalue weighted by Gasteiger charge is -2.20. The highest BCUT2D eigenvalue weighted by atomic mass is 19.3. The van der Waals surface area contributed by atoms with Crippen LogP contribution in [0.5, 0.6) is 0 Å². The molecule has 4 nitrogen and oxygen atoms in total. The molecule has 1 aliphatic rings. The number of benzene rings is 1. The third kappa shape index (κ3) is 2.15. The number of hydrogen-bond donors (Lipinski definition) is 3. The van der Waals surface area contributed by atoms with E-state index in [0.717, 1.165) is 24.9 Å². The second-order valence-corrected chi connectivity index (χ2v) is 3.89. The number of nitrogens with one attached hydrogen (secondary N) is 3. The zero-order valence-corrected chi connectivity index (χ0v) is 9.06. The van der Waals surface area contributed by atoms with Gasteiger partial charge in [0.05, 0.1) is 0 Å². The molecule has 0 aliphatic carbocycles. The average Bonchev–Trinajstić information content (AvgIpc) is 2.36.